The van der Waals surface area contributed by atoms with E-state index in [2.05, 4.69) is 6.07 Å². The van der Waals surface area contributed by atoms with Crippen LogP contribution in [-0.4, -0.2) is 21.2 Å². The summed E-state index contributed by atoms with van der Waals surface area (Å²) in [5.41, 5.74) is 0. The second-order valence-electron chi connectivity index (χ2n) is 2.92. The van der Waals surface area contributed by atoms with E-state index in [9.17, 15) is 0 Å². The Morgan fingerprint density at radius 2 is 1.93 bits per heavy atom. The first kappa shape index (κ1) is 14.2. The van der Waals surface area contributed by atoms with Gasteiger partial charge in [-0.2, -0.15) is 5.26 Å². The largest absolute Gasteiger partial charge is 0.415 e. The highest BCUT2D eigenvalue weighted by molar-refractivity contribution is 6.44. The molecule has 80 valence electrons. The predicted octanol–water partition coefficient (Wildman–Crippen LogP) is 3.32. The summed E-state index contributed by atoms with van der Waals surface area (Å²) in [6.45, 7) is 0.427. The minimum atomic E-state index is -0.405. The number of hydrogen-bond acceptors (Lipinski definition) is 2. The summed E-state index contributed by atoms with van der Waals surface area (Å²) in [4.78, 5) is -0.405. The minimum Gasteiger partial charge on any atom is -0.415 e. The first-order valence-corrected chi connectivity index (χ1v) is 6.76. The van der Waals surface area contributed by atoms with E-state index in [0.29, 0.717) is 22.8 Å². The molecule has 0 bridgehead atoms. The fourth-order valence-electron chi connectivity index (χ4n) is 0.949. The molecule has 0 aliphatic carbocycles. The van der Waals surface area contributed by atoms with Crippen LogP contribution in [0.5, 0.6) is 0 Å². The van der Waals surface area contributed by atoms with Crippen LogP contribution in [-0.2, 0) is 4.43 Å². The SMILES string of the molecule is N#CCCCCCC[Si]OCC(Cl)Cl. The van der Waals surface area contributed by atoms with Crippen LogP contribution < -0.4 is 0 Å². The summed E-state index contributed by atoms with van der Waals surface area (Å²) in [5, 5.41) is 8.30. The van der Waals surface area contributed by atoms with Gasteiger partial charge in [0.05, 0.1) is 12.7 Å². The molecule has 0 saturated heterocycles. The second kappa shape index (κ2) is 11.3. The molecule has 0 aliphatic heterocycles. The van der Waals surface area contributed by atoms with Crippen LogP contribution >= 0.6 is 23.2 Å². The molecule has 5 heteroatoms. The van der Waals surface area contributed by atoms with Gasteiger partial charge < -0.3 is 4.43 Å². The second-order valence-corrected chi connectivity index (χ2v) is 5.27. The molecule has 0 spiro atoms. The molecule has 0 atom stereocenters. The zero-order valence-electron chi connectivity index (χ0n) is 8.14. The molecule has 0 aromatic carbocycles. The Morgan fingerprint density at radius 3 is 2.57 bits per heavy atom. The van der Waals surface area contributed by atoms with E-state index in [-0.39, 0.29) is 0 Å². The average molecular weight is 252 g/mol. The van der Waals surface area contributed by atoms with Gasteiger partial charge in [-0.3, -0.25) is 0 Å². The zero-order chi connectivity index (χ0) is 10.6. The van der Waals surface area contributed by atoms with Gasteiger partial charge in [-0.1, -0.05) is 19.3 Å². The molecule has 0 heterocycles. The van der Waals surface area contributed by atoms with E-state index >= 15 is 0 Å². The van der Waals surface area contributed by atoms with Gasteiger partial charge in [-0.25, -0.2) is 0 Å². The van der Waals surface area contributed by atoms with Gasteiger partial charge in [-0.05, 0) is 12.5 Å². The summed E-state index contributed by atoms with van der Waals surface area (Å²) < 4.78 is 5.23. The summed E-state index contributed by atoms with van der Waals surface area (Å²) >= 11 is 11.0. The molecular formula is C9H15Cl2NOSi. The van der Waals surface area contributed by atoms with Crippen molar-refractivity contribution >= 4 is 33.0 Å². The fourth-order valence-corrected chi connectivity index (χ4v) is 2.11. The molecule has 0 aliphatic rings. The van der Waals surface area contributed by atoms with Crippen molar-refractivity contribution in [2.24, 2.45) is 0 Å². The third-order valence-corrected chi connectivity index (χ3v) is 2.81. The summed E-state index contributed by atoms with van der Waals surface area (Å²) in [7, 11) is 0.503. The van der Waals surface area contributed by atoms with Gasteiger partial charge >= 0.3 is 0 Å². The van der Waals surface area contributed by atoms with Crippen LogP contribution in [0.25, 0.3) is 0 Å². The maximum atomic E-state index is 8.30. The van der Waals surface area contributed by atoms with Crippen LogP contribution in [0.2, 0.25) is 6.04 Å². The van der Waals surface area contributed by atoms with E-state index in [1.165, 1.54) is 12.8 Å². The molecular weight excluding hydrogens is 237 g/mol. The number of nitrogens with zero attached hydrogens (tertiary/aromatic N) is 1. The number of unbranched alkanes of at least 4 members (excludes halogenated alkanes) is 4. The fraction of sp³-hybridized carbons (Fsp3) is 0.889. The molecule has 0 rings (SSSR count). The highest BCUT2D eigenvalue weighted by atomic mass is 35.5. The lowest BCUT2D eigenvalue weighted by atomic mass is 10.2. The summed E-state index contributed by atoms with van der Waals surface area (Å²) in [6.07, 6.45) is 5.19. The van der Waals surface area contributed by atoms with Crippen LogP contribution in [0.1, 0.15) is 32.1 Å². The van der Waals surface area contributed by atoms with Gasteiger partial charge in [0.2, 0.25) is 9.76 Å². The molecule has 0 aromatic rings. The summed E-state index contributed by atoms with van der Waals surface area (Å²) in [6, 6.07) is 3.22. The lowest BCUT2D eigenvalue weighted by molar-refractivity contribution is 0.352. The van der Waals surface area contributed by atoms with Crippen molar-refractivity contribution in [1.29, 1.82) is 5.26 Å². The van der Waals surface area contributed by atoms with E-state index < -0.39 is 4.84 Å². The van der Waals surface area contributed by atoms with Crippen molar-refractivity contribution in [3.63, 3.8) is 0 Å². The predicted molar refractivity (Wildman–Crippen MR) is 60.7 cm³/mol. The van der Waals surface area contributed by atoms with Crippen molar-refractivity contribution in [2.75, 3.05) is 6.61 Å². The molecule has 2 radical (unpaired) electrons. The van der Waals surface area contributed by atoms with Gasteiger partial charge in [0.15, 0.2) is 0 Å². The Balaban J connectivity index is 2.89. The lowest BCUT2D eigenvalue weighted by Gasteiger charge is -2.02. The zero-order valence-corrected chi connectivity index (χ0v) is 10.7. The maximum absolute atomic E-state index is 8.30. The molecule has 0 N–H and O–H groups in total. The summed E-state index contributed by atoms with van der Waals surface area (Å²) in [5.74, 6) is 0. The monoisotopic (exact) mass is 251 g/mol. The van der Waals surface area contributed by atoms with Crippen LogP contribution in [0, 0.1) is 11.3 Å². The number of nitriles is 1. The minimum absolute atomic E-state index is 0.405. The number of hydrogen-bond donors (Lipinski definition) is 0. The number of halogens is 2. The highest BCUT2D eigenvalue weighted by Gasteiger charge is 1.98. The molecule has 0 saturated carbocycles. The number of alkyl halides is 2. The van der Waals surface area contributed by atoms with E-state index in [0.717, 1.165) is 18.9 Å². The van der Waals surface area contributed by atoms with Crippen LogP contribution in [0.3, 0.4) is 0 Å². The first-order valence-electron chi connectivity index (χ1n) is 4.77. The Morgan fingerprint density at radius 1 is 1.21 bits per heavy atom. The first-order chi connectivity index (χ1) is 6.77. The standard InChI is InChI=1S/C9H15Cl2NOSi/c10-9(11)8-13-14-7-5-3-1-2-4-6-12/h9H,1-5,7-8H2. The van der Waals surface area contributed by atoms with Crippen LogP contribution in [0.15, 0.2) is 0 Å². The van der Waals surface area contributed by atoms with Crippen molar-refractivity contribution in [1.82, 2.24) is 0 Å². The van der Waals surface area contributed by atoms with Crippen molar-refractivity contribution < 1.29 is 4.43 Å². The van der Waals surface area contributed by atoms with Crippen LogP contribution in [0.4, 0.5) is 0 Å². The third-order valence-electron chi connectivity index (χ3n) is 1.63. The van der Waals surface area contributed by atoms with E-state index in [1.807, 2.05) is 0 Å². The Hall–Kier alpha value is 0.247. The quantitative estimate of drug-likeness (QED) is 0.358. The molecule has 2 nitrogen and oxygen atoms in total. The van der Waals surface area contributed by atoms with Gasteiger partial charge in [0, 0.05) is 6.42 Å². The Kier molecular flexibility index (Phi) is 11.5. The molecule has 14 heavy (non-hydrogen) atoms. The molecule has 0 aromatic heterocycles. The molecule has 0 fully saturated rings. The lowest BCUT2D eigenvalue weighted by Crippen LogP contribution is -2.05. The van der Waals surface area contributed by atoms with Crippen molar-refractivity contribution in [3.05, 3.63) is 0 Å². The maximum Gasteiger partial charge on any atom is 0.229 e. The van der Waals surface area contributed by atoms with Gasteiger partial charge in [0.25, 0.3) is 0 Å². The average Bonchev–Trinajstić information content (AvgIpc) is 2.15. The molecule has 0 amide bonds. The van der Waals surface area contributed by atoms with Crippen molar-refractivity contribution in [3.8, 4) is 6.07 Å². The smallest absolute Gasteiger partial charge is 0.229 e. The third kappa shape index (κ3) is 12.2. The highest BCUT2D eigenvalue weighted by Crippen LogP contribution is 2.06. The van der Waals surface area contributed by atoms with E-state index in [1.54, 1.807) is 0 Å². The normalized spacial score (nSPS) is 10.4. The topological polar surface area (TPSA) is 33.0 Å². The van der Waals surface area contributed by atoms with Crippen molar-refractivity contribution in [2.45, 2.75) is 43.0 Å². The number of rotatable bonds is 9. The Bertz CT molecular complexity index is 161. The Labute approximate surface area is 98.5 Å². The molecule has 0 unspecified atom stereocenters. The van der Waals surface area contributed by atoms with Gasteiger partial charge in [-0.15, -0.1) is 23.2 Å². The van der Waals surface area contributed by atoms with Gasteiger partial charge in [0.1, 0.15) is 4.84 Å². The van der Waals surface area contributed by atoms with E-state index in [4.69, 9.17) is 32.9 Å².